The van der Waals surface area contributed by atoms with E-state index in [1.165, 1.54) is 4.90 Å². The van der Waals surface area contributed by atoms with Crippen molar-refractivity contribution >= 4 is 17.6 Å². The lowest BCUT2D eigenvalue weighted by Crippen LogP contribution is -2.48. The summed E-state index contributed by atoms with van der Waals surface area (Å²) in [5, 5.41) is 9.17. The Kier molecular flexibility index (Phi) is 3.50. The van der Waals surface area contributed by atoms with E-state index >= 15 is 0 Å². The number of benzene rings is 1. The molecule has 0 aromatic heterocycles. The maximum Gasteiger partial charge on any atom is 0.326 e. The van der Waals surface area contributed by atoms with E-state index in [1.807, 2.05) is 0 Å². The summed E-state index contributed by atoms with van der Waals surface area (Å²) in [4.78, 5) is 24.4. The second kappa shape index (κ2) is 5.08. The highest BCUT2D eigenvalue weighted by Gasteiger charge is 2.34. The summed E-state index contributed by atoms with van der Waals surface area (Å²) in [5.41, 5.74) is 0.605. The van der Waals surface area contributed by atoms with Gasteiger partial charge in [-0.25, -0.2) is 4.79 Å². The zero-order valence-electron chi connectivity index (χ0n) is 10.1. The first kappa shape index (κ1) is 12.4. The summed E-state index contributed by atoms with van der Waals surface area (Å²) in [7, 11) is 1.56. The van der Waals surface area contributed by atoms with Gasteiger partial charge < -0.3 is 9.84 Å². The average molecular weight is 249 g/mol. The van der Waals surface area contributed by atoms with Crippen molar-refractivity contribution in [1.29, 1.82) is 0 Å². The molecule has 1 amide bonds. The molecule has 1 aromatic carbocycles. The Balaban J connectivity index is 2.31. The van der Waals surface area contributed by atoms with Crippen LogP contribution in [0.3, 0.4) is 0 Å². The van der Waals surface area contributed by atoms with Gasteiger partial charge in [-0.1, -0.05) is 0 Å². The molecular weight excluding hydrogens is 234 g/mol. The van der Waals surface area contributed by atoms with Crippen LogP contribution in [0.2, 0.25) is 0 Å². The van der Waals surface area contributed by atoms with Crippen molar-refractivity contribution in [1.82, 2.24) is 0 Å². The zero-order chi connectivity index (χ0) is 13.1. The van der Waals surface area contributed by atoms with Gasteiger partial charge in [-0.05, 0) is 37.1 Å². The summed E-state index contributed by atoms with van der Waals surface area (Å²) < 4.78 is 5.04. The number of methoxy groups -OCH3 is 1. The van der Waals surface area contributed by atoms with Crippen molar-refractivity contribution in [2.24, 2.45) is 0 Å². The summed E-state index contributed by atoms with van der Waals surface area (Å²) in [6.07, 6.45) is 1.52. The van der Waals surface area contributed by atoms with Crippen LogP contribution in [0.4, 0.5) is 5.69 Å². The van der Waals surface area contributed by atoms with Crippen LogP contribution < -0.4 is 9.64 Å². The molecule has 1 atom stereocenters. The molecule has 0 spiro atoms. The molecule has 1 aliphatic heterocycles. The van der Waals surface area contributed by atoms with Gasteiger partial charge in [0.05, 0.1) is 7.11 Å². The molecule has 18 heavy (non-hydrogen) atoms. The first-order valence-corrected chi connectivity index (χ1v) is 5.82. The van der Waals surface area contributed by atoms with E-state index in [-0.39, 0.29) is 5.91 Å². The Bertz CT molecular complexity index is 455. The average Bonchev–Trinajstić information content (AvgIpc) is 2.38. The fourth-order valence-corrected chi connectivity index (χ4v) is 2.17. The third-order valence-corrected chi connectivity index (χ3v) is 3.08. The van der Waals surface area contributed by atoms with Crippen molar-refractivity contribution in [2.75, 3.05) is 12.0 Å². The zero-order valence-corrected chi connectivity index (χ0v) is 10.1. The van der Waals surface area contributed by atoms with E-state index in [2.05, 4.69) is 0 Å². The van der Waals surface area contributed by atoms with E-state index in [4.69, 9.17) is 9.84 Å². The fraction of sp³-hybridized carbons (Fsp3) is 0.385. The first-order valence-electron chi connectivity index (χ1n) is 5.82. The van der Waals surface area contributed by atoms with Crippen molar-refractivity contribution in [3.8, 4) is 5.75 Å². The maximum absolute atomic E-state index is 11.9. The lowest BCUT2D eigenvalue weighted by Gasteiger charge is -2.32. The SMILES string of the molecule is COc1ccc(N2C(=O)CCCC2C(=O)O)cc1. The number of carbonyl (C=O) groups excluding carboxylic acids is 1. The normalized spacial score (nSPS) is 19.7. The maximum atomic E-state index is 11.9. The molecule has 0 bridgehead atoms. The van der Waals surface area contributed by atoms with Crippen molar-refractivity contribution < 1.29 is 19.4 Å². The molecule has 1 heterocycles. The molecule has 1 N–H and O–H groups in total. The summed E-state index contributed by atoms with van der Waals surface area (Å²) in [5.74, 6) is -0.423. The number of carboxylic acids is 1. The van der Waals surface area contributed by atoms with Gasteiger partial charge in [-0.2, -0.15) is 0 Å². The number of carbonyl (C=O) groups is 2. The van der Waals surface area contributed by atoms with Crippen LogP contribution in [0.5, 0.6) is 5.75 Å². The minimum Gasteiger partial charge on any atom is -0.497 e. The number of carboxylic acid groups (broad SMARTS) is 1. The van der Waals surface area contributed by atoms with Crippen LogP contribution in [0.25, 0.3) is 0 Å². The molecule has 1 saturated heterocycles. The standard InChI is InChI=1S/C13H15NO4/c1-18-10-7-5-9(6-8-10)14-11(13(16)17)3-2-4-12(14)15/h5-8,11H,2-4H2,1H3,(H,16,17). The number of ether oxygens (including phenoxy) is 1. The molecule has 0 aliphatic carbocycles. The molecule has 96 valence electrons. The third kappa shape index (κ3) is 2.30. The molecule has 1 aliphatic rings. The van der Waals surface area contributed by atoms with E-state index < -0.39 is 12.0 Å². The largest absolute Gasteiger partial charge is 0.497 e. The minimum absolute atomic E-state index is 0.140. The Morgan fingerprint density at radius 3 is 2.61 bits per heavy atom. The number of amides is 1. The predicted octanol–water partition coefficient (Wildman–Crippen LogP) is 1.67. The molecule has 0 saturated carbocycles. The molecular formula is C13H15NO4. The topological polar surface area (TPSA) is 66.8 Å². The number of hydrogen-bond donors (Lipinski definition) is 1. The lowest BCUT2D eigenvalue weighted by atomic mass is 10.0. The number of hydrogen-bond acceptors (Lipinski definition) is 3. The van der Waals surface area contributed by atoms with Gasteiger partial charge in [0, 0.05) is 12.1 Å². The Morgan fingerprint density at radius 1 is 1.39 bits per heavy atom. The lowest BCUT2D eigenvalue weighted by molar-refractivity contribution is -0.141. The number of rotatable bonds is 3. The summed E-state index contributed by atoms with van der Waals surface area (Å²) >= 11 is 0. The van der Waals surface area contributed by atoms with Crippen LogP contribution in [-0.4, -0.2) is 30.1 Å². The molecule has 5 nitrogen and oxygen atoms in total. The fourth-order valence-electron chi connectivity index (χ4n) is 2.17. The highest BCUT2D eigenvalue weighted by atomic mass is 16.5. The van der Waals surface area contributed by atoms with E-state index in [0.717, 1.165) is 0 Å². The van der Waals surface area contributed by atoms with E-state index in [9.17, 15) is 9.59 Å². The third-order valence-electron chi connectivity index (χ3n) is 3.08. The van der Waals surface area contributed by atoms with E-state index in [0.29, 0.717) is 30.7 Å². The van der Waals surface area contributed by atoms with Crippen molar-refractivity contribution in [2.45, 2.75) is 25.3 Å². The van der Waals surface area contributed by atoms with Crippen LogP contribution in [0.15, 0.2) is 24.3 Å². The van der Waals surface area contributed by atoms with Gasteiger partial charge in [-0.15, -0.1) is 0 Å². The second-order valence-electron chi connectivity index (χ2n) is 4.21. The minimum atomic E-state index is -0.959. The highest BCUT2D eigenvalue weighted by Crippen LogP contribution is 2.27. The van der Waals surface area contributed by atoms with Gasteiger partial charge in [0.15, 0.2) is 0 Å². The van der Waals surface area contributed by atoms with Gasteiger partial charge in [-0.3, -0.25) is 9.69 Å². The molecule has 2 rings (SSSR count). The molecule has 1 fully saturated rings. The smallest absolute Gasteiger partial charge is 0.326 e. The van der Waals surface area contributed by atoms with Crippen LogP contribution in [0, 0.1) is 0 Å². The van der Waals surface area contributed by atoms with Crippen LogP contribution in [0.1, 0.15) is 19.3 Å². The predicted molar refractivity (Wildman–Crippen MR) is 65.8 cm³/mol. The summed E-state index contributed by atoms with van der Waals surface area (Å²) in [6, 6.07) is 6.09. The number of aliphatic carboxylic acids is 1. The van der Waals surface area contributed by atoms with Crippen molar-refractivity contribution in [3.05, 3.63) is 24.3 Å². The Labute approximate surface area is 105 Å². The molecule has 5 heteroatoms. The van der Waals surface area contributed by atoms with Gasteiger partial charge in [0.25, 0.3) is 0 Å². The van der Waals surface area contributed by atoms with Gasteiger partial charge >= 0.3 is 5.97 Å². The monoisotopic (exact) mass is 249 g/mol. The first-order chi connectivity index (χ1) is 8.63. The number of nitrogens with zero attached hydrogens (tertiary/aromatic N) is 1. The van der Waals surface area contributed by atoms with Gasteiger partial charge in [0.2, 0.25) is 5.91 Å². The highest BCUT2D eigenvalue weighted by molar-refractivity contribution is 6.00. The second-order valence-corrected chi connectivity index (χ2v) is 4.21. The molecule has 0 radical (unpaired) electrons. The number of anilines is 1. The molecule has 1 aromatic rings. The van der Waals surface area contributed by atoms with Crippen molar-refractivity contribution in [3.63, 3.8) is 0 Å². The summed E-state index contributed by atoms with van der Waals surface area (Å²) in [6.45, 7) is 0. The van der Waals surface area contributed by atoms with Crippen LogP contribution >= 0.6 is 0 Å². The molecule has 1 unspecified atom stereocenters. The van der Waals surface area contributed by atoms with Gasteiger partial charge in [0.1, 0.15) is 11.8 Å². The number of piperidine rings is 1. The Morgan fingerprint density at radius 2 is 2.06 bits per heavy atom. The quantitative estimate of drug-likeness (QED) is 0.884. The van der Waals surface area contributed by atoms with E-state index in [1.54, 1.807) is 31.4 Å². The van der Waals surface area contributed by atoms with Crippen LogP contribution in [-0.2, 0) is 9.59 Å². The Hall–Kier alpha value is -2.04.